The highest BCUT2D eigenvalue weighted by Crippen LogP contribution is 2.38. The molecule has 1 saturated heterocycles. The van der Waals surface area contributed by atoms with Crippen LogP contribution in [0.1, 0.15) is 5.56 Å². The minimum absolute atomic E-state index is 0.107. The van der Waals surface area contributed by atoms with Gasteiger partial charge in [-0.15, -0.1) is 0 Å². The highest BCUT2D eigenvalue weighted by Gasteiger charge is 2.36. The third-order valence-electron chi connectivity index (χ3n) is 4.00. The lowest BCUT2D eigenvalue weighted by Crippen LogP contribution is -2.54. The molecule has 0 aliphatic carbocycles. The van der Waals surface area contributed by atoms with E-state index in [-0.39, 0.29) is 22.8 Å². The summed E-state index contributed by atoms with van der Waals surface area (Å²) in [7, 11) is 2.72. The quantitative estimate of drug-likeness (QED) is 0.552. The van der Waals surface area contributed by atoms with Gasteiger partial charge in [-0.1, -0.05) is 15.9 Å². The first kappa shape index (κ1) is 19.4. The molecule has 2 aromatic rings. The number of carbonyl (C=O) groups is 3. The molecule has 28 heavy (non-hydrogen) atoms. The van der Waals surface area contributed by atoms with Gasteiger partial charge in [0, 0.05) is 4.47 Å². The van der Waals surface area contributed by atoms with Crippen molar-refractivity contribution >= 4 is 45.5 Å². The molecule has 1 aliphatic rings. The molecular weight excluding hydrogens is 432 g/mol. The van der Waals surface area contributed by atoms with Gasteiger partial charge >= 0.3 is 6.03 Å². The van der Waals surface area contributed by atoms with Gasteiger partial charge in [0.15, 0.2) is 11.5 Å². The van der Waals surface area contributed by atoms with E-state index in [0.717, 1.165) is 9.37 Å². The summed E-state index contributed by atoms with van der Waals surface area (Å²) in [6, 6.07) is 8.52. The summed E-state index contributed by atoms with van der Waals surface area (Å²) in [5.74, 6) is -1.60. The topological polar surface area (TPSA) is 105 Å². The van der Waals surface area contributed by atoms with Gasteiger partial charge in [-0.2, -0.15) is 0 Å². The van der Waals surface area contributed by atoms with Crippen molar-refractivity contribution in [2.45, 2.75) is 0 Å². The zero-order valence-electron chi connectivity index (χ0n) is 14.9. The summed E-state index contributed by atoms with van der Waals surface area (Å²) < 4.78 is 10.9. The van der Waals surface area contributed by atoms with Crippen LogP contribution in [0.3, 0.4) is 0 Å². The van der Waals surface area contributed by atoms with E-state index in [2.05, 4.69) is 21.2 Å². The number of phenolic OH excluding ortho intramolecular Hbond substituents is 1. The molecule has 144 valence electrons. The van der Waals surface area contributed by atoms with Crippen LogP contribution in [-0.4, -0.2) is 37.2 Å². The molecule has 2 aromatic carbocycles. The molecule has 8 nitrogen and oxygen atoms in total. The smallest absolute Gasteiger partial charge is 0.335 e. The van der Waals surface area contributed by atoms with E-state index in [4.69, 9.17) is 9.47 Å². The maximum Gasteiger partial charge on any atom is 0.335 e. The molecule has 1 heterocycles. The van der Waals surface area contributed by atoms with Crippen molar-refractivity contribution < 1.29 is 29.0 Å². The molecular formula is C19H15BrN2O6. The number of methoxy groups -OCH3 is 2. The first-order valence-electron chi connectivity index (χ1n) is 7.97. The number of carbonyl (C=O) groups excluding carboxylic acids is 3. The van der Waals surface area contributed by atoms with Crippen molar-refractivity contribution in [1.29, 1.82) is 0 Å². The highest BCUT2D eigenvalue weighted by atomic mass is 79.9. The van der Waals surface area contributed by atoms with Gasteiger partial charge in [-0.25, -0.2) is 9.69 Å². The van der Waals surface area contributed by atoms with Crippen LogP contribution in [0.25, 0.3) is 6.08 Å². The minimum atomic E-state index is -0.838. The number of aromatic hydroxyl groups is 1. The second kappa shape index (κ2) is 7.73. The fraction of sp³-hybridized carbons (Fsp3) is 0.105. The van der Waals surface area contributed by atoms with Crippen molar-refractivity contribution in [3.8, 4) is 17.2 Å². The lowest BCUT2D eigenvalue weighted by atomic mass is 10.1. The van der Waals surface area contributed by atoms with E-state index in [1.54, 1.807) is 24.3 Å². The Morgan fingerprint density at radius 2 is 1.61 bits per heavy atom. The summed E-state index contributed by atoms with van der Waals surface area (Å²) in [6.07, 6.45) is 1.29. The molecule has 3 rings (SSSR count). The molecule has 0 aromatic heterocycles. The van der Waals surface area contributed by atoms with Crippen LogP contribution < -0.4 is 19.7 Å². The molecule has 1 fully saturated rings. The SMILES string of the molecule is COc1cc(C=C2C(=O)NC(=O)N(c3ccc(Br)cc3)C2=O)cc(OC)c1O. The van der Waals surface area contributed by atoms with Gasteiger partial charge < -0.3 is 14.6 Å². The van der Waals surface area contributed by atoms with Crippen LogP contribution in [0.5, 0.6) is 17.2 Å². The molecule has 9 heteroatoms. The second-order valence-corrected chi connectivity index (χ2v) is 6.62. The molecule has 0 unspecified atom stereocenters. The molecule has 0 bridgehead atoms. The number of imide groups is 2. The third-order valence-corrected chi connectivity index (χ3v) is 4.53. The highest BCUT2D eigenvalue weighted by molar-refractivity contribution is 9.10. The average molecular weight is 447 g/mol. The van der Waals surface area contributed by atoms with Crippen LogP contribution in [0, 0.1) is 0 Å². The Balaban J connectivity index is 2.05. The maximum absolute atomic E-state index is 12.9. The number of amides is 4. The second-order valence-electron chi connectivity index (χ2n) is 5.71. The van der Waals surface area contributed by atoms with E-state index < -0.39 is 17.8 Å². The molecule has 0 saturated carbocycles. The molecule has 1 aliphatic heterocycles. The first-order valence-corrected chi connectivity index (χ1v) is 8.77. The van der Waals surface area contributed by atoms with E-state index in [9.17, 15) is 19.5 Å². The average Bonchev–Trinajstić information content (AvgIpc) is 2.67. The Bertz CT molecular complexity index is 975. The summed E-state index contributed by atoms with van der Waals surface area (Å²) >= 11 is 3.28. The summed E-state index contributed by atoms with van der Waals surface area (Å²) in [4.78, 5) is 38.2. The van der Waals surface area contributed by atoms with Gasteiger partial charge in [0.2, 0.25) is 5.75 Å². The van der Waals surface area contributed by atoms with Crippen molar-refractivity contribution in [3.05, 3.63) is 52.0 Å². The fourth-order valence-electron chi connectivity index (χ4n) is 2.65. The monoisotopic (exact) mass is 446 g/mol. The number of urea groups is 1. The maximum atomic E-state index is 12.9. The number of hydrogen-bond acceptors (Lipinski definition) is 6. The van der Waals surface area contributed by atoms with Crippen molar-refractivity contribution in [2.24, 2.45) is 0 Å². The Morgan fingerprint density at radius 3 is 2.14 bits per heavy atom. The van der Waals surface area contributed by atoms with Gasteiger partial charge in [0.05, 0.1) is 19.9 Å². The fourth-order valence-corrected chi connectivity index (χ4v) is 2.91. The zero-order chi connectivity index (χ0) is 20.4. The number of hydrogen-bond donors (Lipinski definition) is 2. The van der Waals surface area contributed by atoms with Crippen LogP contribution in [-0.2, 0) is 9.59 Å². The number of halogens is 1. The van der Waals surface area contributed by atoms with Gasteiger partial charge in [0.25, 0.3) is 11.8 Å². The summed E-state index contributed by atoms with van der Waals surface area (Å²) in [5.41, 5.74) is 0.428. The van der Waals surface area contributed by atoms with Crippen molar-refractivity contribution in [1.82, 2.24) is 5.32 Å². The molecule has 0 radical (unpaired) electrons. The number of nitrogens with zero attached hydrogens (tertiary/aromatic N) is 1. The standard InChI is InChI=1S/C19H15BrN2O6/c1-27-14-8-10(9-15(28-2)16(14)23)7-13-17(24)21-19(26)22(18(13)25)12-5-3-11(20)4-6-12/h3-9,23H,1-2H3,(H,21,24,26). The van der Waals surface area contributed by atoms with E-state index in [1.807, 2.05) is 0 Å². The van der Waals surface area contributed by atoms with Crippen LogP contribution in [0.15, 0.2) is 46.4 Å². The van der Waals surface area contributed by atoms with E-state index >= 15 is 0 Å². The van der Waals surface area contributed by atoms with Crippen LogP contribution >= 0.6 is 15.9 Å². The number of benzene rings is 2. The number of anilines is 1. The lowest BCUT2D eigenvalue weighted by Gasteiger charge is -2.26. The normalized spacial score (nSPS) is 15.6. The van der Waals surface area contributed by atoms with Gasteiger partial charge in [-0.3, -0.25) is 14.9 Å². The zero-order valence-corrected chi connectivity index (χ0v) is 16.4. The number of phenols is 1. The lowest BCUT2D eigenvalue weighted by molar-refractivity contribution is -0.122. The summed E-state index contributed by atoms with van der Waals surface area (Å²) in [5, 5.41) is 12.1. The number of rotatable bonds is 4. The van der Waals surface area contributed by atoms with Crippen molar-refractivity contribution in [3.63, 3.8) is 0 Å². The Kier molecular flexibility index (Phi) is 5.36. The Morgan fingerprint density at radius 1 is 1.04 bits per heavy atom. The molecule has 0 atom stereocenters. The van der Waals surface area contributed by atoms with E-state index in [0.29, 0.717) is 11.3 Å². The van der Waals surface area contributed by atoms with Gasteiger partial charge in [0.1, 0.15) is 5.57 Å². The minimum Gasteiger partial charge on any atom is -0.502 e. The first-order chi connectivity index (χ1) is 13.3. The molecule has 0 spiro atoms. The molecule has 4 amide bonds. The van der Waals surface area contributed by atoms with Crippen LogP contribution in [0.2, 0.25) is 0 Å². The predicted molar refractivity (Wildman–Crippen MR) is 104 cm³/mol. The van der Waals surface area contributed by atoms with Gasteiger partial charge in [-0.05, 0) is 48.0 Å². The molecule has 2 N–H and O–H groups in total. The van der Waals surface area contributed by atoms with E-state index in [1.165, 1.54) is 32.4 Å². The Hall–Kier alpha value is -3.33. The van der Waals surface area contributed by atoms with Crippen LogP contribution in [0.4, 0.5) is 10.5 Å². The predicted octanol–water partition coefficient (Wildman–Crippen LogP) is 2.84. The third kappa shape index (κ3) is 3.56. The van der Waals surface area contributed by atoms with Crippen molar-refractivity contribution in [2.75, 3.05) is 19.1 Å². The summed E-state index contributed by atoms with van der Waals surface area (Å²) in [6.45, 7) is 0. The Labute approximate surface area is 168 Å². The number of ether oxygens (including phenoxy) is 2. The largest absolute Gasteiger partial charge is 0.502 e. The number of barbiturate groups is 1. The number of nitrogens with one attached hydrogen (secondary N) is 1.